The number of halogens is 2. The molecule has 0 saturated heterocycles. The Hall–Kier alpha value is -2.99. The number of ether oxygens (including phenoxy) is 2. The molecule has 1 aromatic heterocycles. The highest BCUT2D eigenvalue weighted by molar-refractivity contribution is 6.29. The average molecular weight is 374 g/mol. The summed E-state index contributed by atoms with van der Waals surface area (Å²) >= 11 is 5.82. The van der Waals surface area contributed by atoms with Crippen molar-refractivity contribution in [2.75, 3.05) is 13.7 Å². The van der Waals surface area contributed by atoms with Gasteiger partial charge >= 0.3 is 5.97 Å². The molecule has 0 amide bonds. The summed E-state index contributed by atoms with van der Waals surface area (Å²) < 4.78 is 23.5. The monoisotopic (exact) mass is 373 g/mol. The molecule has 0 spiro atoms. The number of hydrogen-bond acceptors (Lipinski definition) is 5. The number of esters is 1. The van der Waals surface area contributed by atoms with E-state index in [0.29, 0.717) is 16.1 Å². The summed E-state index contributed by atoms with van der Waals surface area (Å²) in [6.45, 7) is -0.499. The van der Waals surface area contributed by atoms with Crippen LogP contribution in [-0.2, 0) is 4.74 Å². The maximum Gasteiger partial charge on any atom is 0.338 e. The maximum atomic E-state index is 13.7. The number of Topliss-reactive ketones (excluding diaryl/α,β-unsaturated/α-hetero) is 1. The molecule has 0 atom stereocenters. The lowest BCUT2D eigenvalue weighted by Crippen LogP contribution is -2.14. The second kappa shape index (κ2) is 7.49. The fourth-order valence-corrected chi connectivity index (χ4v) is 2.52. The van der Waals surface area contributed by atoms with Crippen LogP contribution in [0.25, 0.3) is 10.9 Å². The van der Waals surface area contributed by atoms with Gasteiger partial charge in [0.15, 0.2) is 24.0 Å². The van der Waals surface area contributed by atoms with Gasteiger partial charge in [0.25, 0.3) is 0 Å². The predicted octanol–water partition coefficient (Wildman–Crippen LogP) is 4.08. The van der Waals surface area contributed by atoms with Crippen molar-refractivity contribution in [3.8, 4) is 5.75 Å². The number of fused-ring (bicyclic) bond motifs is 1. The smallest absolute Gasteiger partial charge is 0.338 e. The first-order chi connectivity index (χ1) is 12.5. The molecule has 5 nitrogen and oxygen atoms in total. The Morgan fingerprint density at radius 3 is 2.58 bits per heavy atom. The van der Waals surface area contributed by atoms with Crippen molar-refractivity contribution in [1.82, 2.24) is 4.98 Å². The fourth-order valence-electron chi connectivity index (χ4n) is 2.37. The highest BCUT2D eigenvalue weighted by atomic mass is 35.5. The van der Waals surface area contributed by atoms with Gasteiger partial charge in [0.1, 0.15) is 5.15 Å². The van der Waals surface area contributed by atoms with Gasteiger partial charge in [-0.25, -0.2) is 14.2 Å². The van der Waals surface area contributed by atoms with Crippen LogP contribution in [0.4, 0.5) is 4.39 Å². The van der Waals surface area contributed by atoms with Gasteiger partial charge in [-0.05, 0) is 48.5 Å². The van der Waals surface area contributed by atoms with Crippen molar-refractivity contribution in [3.05, 3.63) is 70.6 Å². The van der Waals surface area contributed by atoms with Gasteiger partial charge in [0.2, 0.25) is 0 Å². The van der Waals surface area contributed by atoms with Crippen LogP contribution in [0.2, 0.25) is 5.15 Å². The fraction of sp³-hybridized carbons (Fsp3) is 0.105. The lowest BCUT2D eigenvalue weighted by molar-refractivity contribution is 0.0475. The number of pyridine rings is 1. The molecule has 3 aromatic rings. The van der Waals surface area contributed by atoms with Crippen LogP contribution in [0.1, 0.15) is 20.7 Å². The number of hydrogen-bond donors (Lipinski definition) is 0. The molecule has 0 aliphatic carbocycles. The minimum Gasteiger partial charge on any atom is -0.494 e. The molecule has 7 heteroatoms. The Morgan fingerprint density at radius 2 is 1.85 bits per heavy atom. The molecule has 2 aromatic carbocycles. The molecule has 0 N–H and O–H groups in total. The molecule has 1 heterocycles. The van der Waals surface area contributed by atoms with Crippen molar-refractivity contribution in [2.24, 2.45) is 0 Å². The Bertz CT molecular complexity index is 1010. The lowest BCUT2D eigenvalue weighted by atomic mass is 10.1. The zero-order valence-corrected chi connectivity index (χ0v) is 14.4. The summed E-state index contributed by atoms with van der Waals surface area (Å²) in [7, 11) is 1.33. The first-order valence-corrected chi connectivity index (χ1v) is 7.96. The number of aromatic nitrogens is 1. The van der Waals surface area contributed by atoms with E-state index in [0.717, 1.165) is 6.07 Å². The van der Waals surface area contributed by atoms with E-state index >= 15 is 0 Å². The summed E-state index contributed by atoms with van der Waals surface area (Å²) in [5.74, 6) is -1.81. The van der Waals surface area contributed by atoms with E-state index in [4.69, 9.17) is 21.1 Å². The molecule has 0 aliphatic heterocycles. The van der Waals surface area contributed by atoms with E-state index in [1.165, 1.54) is 25.3 Å². The van der Waals surface area contributed by atoms with Gasteiger partial charge in [-0.2, -0.15) is 0 Å². The molecule has 0 aliphatic rings. The van der Waals surface area contributed by atoms with Gasteiger partial charge in [0.05, 0.1) is 18.2 Å². The number of carbonyl (C=O) groups is 2. The van der Waals surface area contributed by atoms with E-state index in [2.05, 4.69) is 4.98 Å². The van der Waals surface area contributed by atoms with Crippen molar-refractivity contribution in [3.63, 3.8) is 0 Å². The predicted molar refractivity (Wildman–Crippen MR) is 94.3 cm³/mol. The molecular formula is C19H13ClFNO4. The largest absolute Gasteiger partial charge is 0.494 e. The van der Waals surface area contributed by atoms with E-state index in [1.54, 1.807) is 24.3 Å². The topological polar surface area (TPSA) is 65.5 Å². The highest BCUT2D eigenvalue weighted by Gasteiger charge is 2.14. The van der Waals surface area contributed by atoms with Crippen molar-refractivity contribution >= 4 is 34.3 Å². The highest BCUT2D eigenvalue weighted by Crippen LogP contribution is 2.19. The van der Waals surface area contributed by atoms with Crippen LogP contribution < -0.4 is 4.74 Å². The third kappa shape index (κ3) is 3.81. The second-order valence-electron chi connectivity index (χ2n) is 5.39. The number of ketones is 1. The standard InChI is InChI=1S/C19H13ClFNO4/c1-25-17-6-3-12(9-14(17)21)16(23)10-26-19(24)13-2-5-15-11(8-13)4-7-18(20)22-15/h2-9H,10H2,1H3. The summed E-state index contributed by atoms with van der Waals surface area (Å²) in [4.78, 5) is 28.3. The molecule has 0 fully saturated rings. The molecule has 0 unspecified atom stereocenters. The van der Waals surface area contributed by atoms with Gasteiger partial charge in [-0.3, -0.25) is 4.79 Å². The molecular weight excluding hydrogens is 361 g/mol. The van der Waals surface area contributed by atoms with Gasteiger partial charge in [-0.15, -0.1) is 0 Å². The number of benzene rings is 2. The van der Waals surface area contributed by atoms with Crippen LogP contribution in [0, 0.1) is 5.82 Å². The van der Waals surface area contributed by atoms with Crippen molar-refractivity contribution in [1.29, 1.82) is 0 Å². The van der Waals surface area contributed by atoms with Crippen LogP contribution in [0.15, 0.2) is 48.5 Å². The number of nitrogens with zero attached hydrogens (tertiary/aromatic N) is 1. The number of carbonyl (C=O) groups excluding carboxylic acids is 2. The Balaban J connectivity index is 1.69. The average Bonchev–Trinajstić information content (AvgIpc) is 2.65. The van der Waals surface area contributed by atoms with Crippen LogP contribution >= 0.6 is 11.6 Å². The Kier molecular flexibility index (Phi) is 5.14. The third-order valence-electron chi connectivity index (χ3n) is 3.70. The first kappa shape index (κ1) is 17.8. The molecule has 0 saturated carbocycles. The van der Waals surface area contributed by atoms with Crippen molar-refractivity contribution < 1.29 is 23.5 Å². The molecule has 0 radical (unpaired) electrons. The molecule has 132 valence electrons. The normalized spacial score (nSPS) is 10.6. The van der Waals surface area contributed by atoms with E-state index < -0.39 is 24.2 Å². The Morgan fingerprint density at radius 1 is 1.08 bits per heavy atom. The van der Waals surface area contributed by atoms with Crippen LogP contribution in [0.5, 0.6) is 5.75 Å². The van der Waals surface area contributed by atoms with Gasteiger partial charge in [0, 0.05) is 10.9 Å². The zero-order chi connectivity index (χ0) is 18.7. The quantitative estimate of drug-likeness (QED) is 0.383. The lowest BCUT2D eigenvalue weighted by Gasteiger charge is -2.07. The minimum absolute atomic E-state index is 0.0309. The van der Waals surface area contributed by atoms with Crippen molar-refractivity contribution in [2.45, 2.75) is 0 Å². The third-order valence-corrected chi connectivity index (χ3v) is 3.91. The van der Waals surface area contributed by atoms with E-state index in [1.807, 2.05) is 0 Å². The minimum atomic E-state index is -0.663. The summed E-state index contributed by atoms with van der Waals surface area (Å²) in [5, 5.41) is 1.07. The maximum absolute atomic E-state index is 13.7. The second-order valence-corrected chi connectivity index (χ2v) is 5.78. The zero-order valence-electron chi connectivity index (χ0n) is 13.7. The summed E-state index contributed by atoms with van der Waals surface area (Å²) in [6.07, 6.45) is 0. The SMILES string of the molecule is COc1ccc(C(=O)COC(=O)c2ccc3nc(Cl)ccc3c2)cc1F. The number of rotatable bonds is 5. The first-order valence-electron chi connectivity index (χ1n) is 7.58. The van der Waals surface area contributed by atoms with Crippen LogP contribution in [-0.4, -0.2) is 30.5 Å². The Labute approximate surface area is 153 Å². The summed E-state index contributed by atoms with van der Waals surface area (Å²) in [5.41, 5.74) is 1.00. The van der Waals surface area contributed by atoms with Gasteiger partial charge in [-0.1, -0.05) is 11.6 Å². The summed E-state index contributed by atoms with van der Waals surface area (Å²) in [6, 6.07) is 11.9. The van der Waals surface area contributed by atoms with Gasteiger partial charge < -0.3 is 9.47 Å². The number of methoxy groups -OCH3 is 1. The molecule has 3 rings (SSSR count). The van der Waals surface area contributed by atoms with Crippen LogP contribution in [0.3, 0.4) is 0 Å². The molecule has 0 bridgehead atoms. The molecule has 26 heavy (non-hydrogen) atoms. The van der Waals surface area contributed by atoms with E-state index in [9.17, 15) is 14.0 Å². The van der Waals surface area contributed by atoms with E-state index in [-0.39, 0.29) is 16.9 Å².